The molecule has 0 rings (SSSR count). The van der Waals surface area contributed by atoms with Crippen LogP contribution in [0.1, 0.15) is 26.7 Å². The summed E-state index contributed by atoms with van der Waals surface area (Å²) in [5.74, 6) is 0. The number of nitrogens with one attached hydrogen (secondary N) is 1. The Kier molecular flexibility index (Phi) is 6.98. The maximum absolute atomic E-state index is 5.23. The van der Waals surface area contributed by atoms with Gasteiger partial charge in [-0.25, -0.2) is 0 Å². The molecule has 0 fully saturated rings. The van der Waals surface area contributed by atoms with Crippen molar-refractivity contribution in [1.29, 1.82) is 0 Å². The van der Waals surface area contributed by atoms with Crippen molar-refractivity contribution in [2.45, 2.75) is 32.7 Å². The lowest BCUT2D eigenvalue weighted by Crippen LogP contribution is -2.25. The molecule has 1 N–H and O–H groups in total. The molecule has 2 nitrogen and oxygen atoms in total. The maximum atomic E-state index is 5.23. The van der Waals surface area contributed by atoms with Crippen LogP contribution in [-0.2, 0) is 4.74 Å². The molecule has 0 amide bonds. The van der Waals surface area contributed by atoms with Gasteiger partial charge in [0.1, 0.15) is 0 Å². The Morgan fingerprint density at radius 2 is 2.10 bits per heavy atom. The van der Waals surface area contributed by atoms with Crippen LogP contribution in [-0.4, -0.2) is 26.3 Å². The van der Waals surface area contributed by atoms with Gasteiger partial charge in [-0.05, 0) is 26.8 Å². The van der Waals surface area contributed by atoms with Crippen molar-refractivity contribution in [3.63, 3.8) is 0 Å². The summed E-state index contributed by atoms with van der Waals surface area (Å²) in [6.07, 6.45) is 2.31. The Labute approximate surface area is 64.0 Å². The third-order valence-corrected chi connectivity index (χ3v) is 1.72. The summed E-state index contributed by atoms with van der Waals surface area (Å²) >= 11 is 0. The topological polar surface area (TPSA) is 21.3 Å². The van der Waals surface area contributed by atoms with E-state index in [9.17, 15) is 0 Å². The summed E-state index contributed by atoms with van der Waals surface area (Å²) in [7, 11) is 2.00. The minimum atomic E-state index is 0.631. The van der Waals surface area contributed by atoms with Crippen molar-refractivity contribution in [3.05, 3.63) is 0 Å². The Bertz CT molecular complexity index is 62.3. The molecule has 10 heavy (non-hydrogen) atoms. The molecule has 0 aliphatic heterocycles. The summed E-state index contributed by atoms with van der Waals surface area (Å²) in [5, 5.41) is 3.23. The van der Waals surface area contributed by atoms with E-state index < -0.39 is 0 Å². The SMILES string of the molecule is CCOCCC(CC)NC. The van der Waals surface area contributed by atoms with E-state index in [0.29, 0.717) is 6.04 Å². The van der Waals surface area contributed by atoms with Gasteiger partial charge in [0.05, 0.1) is 0 Å². The number of hydrogen-bond acceptors (Lipinski definition) is 2. The van der Waals surface area contributed by atoms with Crippen molar-refractivity contribution in [2.75, 3.05) is 20.3 Å². The minimum absolute atomic E-state index is 0.631. The van der Waals surface area contributed by atoms with Crippen LogP contribution in [0.3, 0.4) is 0 Å². The molecular weight excluding hydrogens is 126 g/mol. The van der Waals surface area contributed by atoms with Gasteiger partial charge in [0.15, 0.2) is 0 Å². The molecular formula is C8H19NO. The molecule has 0 spiro atoms. The molecule has 0 saturated carbocycles. The normalized spacial score (nSPS) is 13.5. The largest absolute Gasteiger partial charge is 0.382 e. The second-order valence-electron chi connectivity index (χ2n) is 2.38. The average Bonchev–Trinajstić information content (AvgIpc) is 1.99. The van der Waals surface area contributed by atoms with Crippen LogP contribution in [0.4, 0.5) is 0 Å². The quantitative estimate of drug-likeness (QED) is 0.571. The monoisotopic (exact) mass is 145 g/mol. The third kappa shape index (κ3) is 4.77. The number of rotatable bonds is 6. The van der Waals surface area contributed by atoms with Gasteiger partial charge in [0, 0.05) is 19.3 Å². The minimum Gasteiger partial charge on any atom is -0.382 e. The van der Waals surface area contributed by atoms with E-state index in [2.05, 4.69) is 12.2 Å². The van der Waals surface area contributed by atoms with Crippen LogP contribution in [0.25, 0.3) is 0 Å². The first kappa shape index (κ1) is 9.92. The van der Waals surface area contributed by atoms with Gasteiger partial charge >= 0.3 is 0 Å². The van der Waals surface area contributed by atoms with Gasteiger partial charge in [-0.3, -0.25) is 0 Å². The lowest BCUT2D eigenvalue weighted by atomic mass is 10.2. The summed E-state index contributed by atoms with van der Waals surface area (Å²) in [4.78, 5) is 0. The van der Waals surface area contributed by atoms with E-state index in [0.717, 1.165) is 19.6 Å². The second-order valence-corrected chi connectivity index (χ2v) is 2.38. The molecule has 0 aromatic heterocycles. The second kappa shape index (κ2) is 7.03. The van der Waals surface area contributed by atoms with Gasteiger partial charge in [-0.1, -0.05) is 6.92 Å². The standard InChI is InChI=1S/C8H19NO/c1-4-8(9-3)6-7-10-5-2/h8-9H,4-7H2,1-3H3. The first-order valence-electron chi connectivity index (χ1n) is 4.10. The molecule has 1 atom stereocenters. The smallest absolute Gasteiger partial charge is 0.0480 e. The summed E-state index contributed by atoms with van der Waals surface area (Å²) in [5.41, 5.74) is 0. The highest BCUT2D eigenvalue weighted by Gasteiger charge is 2.00. The predicted octanol–water partition coefficient (Wildman–Crippen LogP) is 1.41. The van der Waals surface area contributed by atoms with Crippen molar-refractivity contribution in [2.24, 2.45) is 0 Å². The van der Waals surface area contributed by atoms with Gasteiger partial charge in [-0.2, -0.15) is 0 Å². The van der Waals surface area contributed by atoms with Crippen LogP contribution in [0.2, 0.25) is 0 Å². The zero-order valence-electron chi connectivity index (χ0n) is 7.31. The Morgan fingerprint density at radius 1 is 1.40 bits per heavy atom. The van der Waals surface area contributed by atoms with Crippen molar-refractivity contribution in [3.8, 4) is 0 Å². The highest BCUT2D eigenvalue weighted by molar-refractivity contribution is 4.60. The molecule has 2 heteroatoms. The van der Waals surface area contributed by atoms with Crippen molar-refractivity contribution < 1.29 is 4.74 Å². The van der Waals surface area contributed by atoms with E-state index >= 15 is 0 Å². The Hall–Kier alpha value is -0.0800. The van der Waals surface area contributed by atoms with E-state index in [1.54, 1.807) is 0 Å². The number of ether oxygens (including phenoxy) is 1. The third-order valence-electron chi connectivity index (χ3n) is 1.72. The van der Waals surface area contributed by atoms with Crippen LogP contribution < -0.4 is 5.32 Å². The van der Waals surface area contributed by atoms with Gasteiger partial charge in [-0.15, -0.1) is 0 Å². The Balaban J connectivity index is 3.09. The van der Waals surface area contributed by atoms with Crippen LogP contribution >= 0.6 is 0 Å². The molecule has 0 aliphatic carbocycles. The molecule has 0 bridgehead atoms. The molecule has 0 saturated heterocycles. The molecule has 0 aliphatic rings. The van der Waals surface area contributed by atoms with Crippen LogP contribution in [0, 0.1) is 0 Å². The molecule has 0 aromatic carbocycles. The van der Waals surface area contributed by atoms with Crippen molar-refractivity contribution in [1.82, 2.24) is 5.32 Å². The van der Waals surface area contributed by atoms with Gasteiger partial charge < -0.3 is 10.1 Å². The highest BCUT2D eigenvalue weighted by atomic mass is 16.5. The summed E-state index contributed by atoms with van der Waals surface area (Å²) < 4.78 is 5.23. The first-order chi connectivity index (χ1) is 4.85. The van der Waals surface area contributed by atoms with E-state index in [1.165, 1.54) is 6.42 Å². The fraction of sp³-hybridized carbons (Fsp3) is 1.00. The summed E-state index contributed by atoms with van der Waals surface area (Å²) in [6.45, 7) is 5.93. The van der Waals surface area contributed by atoms with Gasteiger partial charge in [0.2, 0.25) is 0 Å². The fourth-order valence-corrected chi connectivity index (χ4v) is 0.923. The molecule has 0 heterocycles. The van der Waals surface area contributed by atoms with Crippen molar-refractivity contribution >= 4 is 0 Å². The molecule has 0 radical (unpaired) electrons. The predicted molar refractivity (Wildman–Crippen MR) is 44.2 cm³/mol. The first-order valence-corrected chi connectivity index (χ1v) is 4.10. The fourth-order valence-electron chi connectivity index (χ4n) is 0.923. The molecule has 62 valence electrons. The Morgan fingerprint density at radius 3 is 2.50 bits per heavy atom. The molecule has 0 aromatic rings. The van der Waals surface area contributed by atoms with E-state index in [4.69, 9.17) is 4.74 Å². The van der Waals surface area contributed by atoms with Crippen LogP contribution in [0.5, 0.6) is 0 Å². The maximum Gasteiger partial charge on any atom is 0.0480 e. The molecule has 1 unspecified atom stereocenters. The zero-order chi connectivity index (χ0) is 7.82. The zero-order valence-corrected chi connectivity index (χ0v) is 7.31. The lowest BCUT2D eigenvalue weighted by molar-refractivity contribution is 0.136. The van der Waals surface area contributed by atoms with E-state index in [-0.39, 0.29) is 0 Å². The number of hydrogen-bond donors (Lipinski definition) is 1. The lowest BCUT2D eigenvalue weighted by Gasteiger charge is -2.12. The highest BCUT2D eigenvalue weighted by Crippen LogP contribution is 1.96. The summed E-state index contributed by atoms with van der Waals surface area (Å²) in [6, 6.07) is 0.631. The van der Waals surface area contributed by atoms with Gasteiger partial charge in [0.25, 0.3) is 0 Å². The average molecular weight is 145 g/mol. The van der Waals surface area contributed by atoms with Crippen LogP contribution in [0.15, 0.2) is 0 Å². The van der Waals surface area contributed by atoms with E-state index in [1.807, 2.05) is 14.0 Å².